The van der Waals surface area contributed by atoms with Gasteiger partial charge in [-0.25, -0.2) is 9.78 Å². The van der Waals surface area contributed by atoms with E-state index in [2.05, 4.69) is 9.72 Å². The minimum atomic E-state index is -0.742. The van der Waals surface area contributed by atoms with Crippen molar-refractivity contribution >= 4 is 17.6 Å². The SMILES string of the molecule is CCCC1(C(=O)O)CCN(c2ccnc(C(=O)OC)c2)C1. The number of aromatic nitrogens is 1. The molecule has 1 aliphatic heterocycles. The molecule has 1 fully saturated rings. The molecule has 1 aromatic heterocycles. The first-order valence-corrected chi connectivity index (χ1v) is 7.05. The van der Waals surface area contributed by atoms with Crippen molar-refractivity contribution in [3.8, 4) is 0 Å². The monoisotopic (exact) mass is 292 g/mol. The van der Waals surface area contributed by atoms with E-state index in [0.29, 0.717) is 25.9 Å². The average molecular weight is 292 g/mol. The predicted molar refractivity (Wildman–Crippen MR) is 77.4 cm³/mol. The number of carbonyl (C=O) groups excluding carboxylic acids is 1. The van der Waals surface area contributed by atoms with Crippen molar-refractivity contribution in [3.05, 3.63) is 24.0 Å². The highest BCUT2D eigenvalue weighted by molar-refractivity contribution is 5.88. The lowest BCUT2D eigenvalue weighted by atomic mass is 9.83. The average Bonchev–Trinajstić information content (AvgIpc) is 2.93. The number of hydrogen-bond acceptors (Lipinski definition) is 5. The van der Waals surface area contributed by atoms with Gasteiger partial charge in [0.05, 0.1) is 12.5 Å². The second-order valence-corrected chi connectivity index (χ2v) is 5.40. The Bertz CT molecular complexity index is 546. The Balaban J connectivity index is 2.21. The third-order valence-electron chi connectivity index (χ3n) is 4.04. The number of anilines is 1. The molecule has 0 aromatic carbocycles. The zero-order valence-corrected chi connectivity index (χ0v) is 12.3. The molecule has 1 atom stereocenters. The standard InChI is InChI=1S/C15H20N2O4/c1-3-5-15(14(19)20)6-8-17(10-15)11-4-7-16-12(9-11)13(18)21-2/h4,7,9H,3,5-6,8,10H2,1-2H3,(H,19,20). The lowest BCUT2D eigenvalue weighted by Crippen LogP contribution is -2.34. The Kier molecular flexibility index (Phi) is 4.45. The molecule has 0 spiro atoms. The van der Waals surface area contributed by atoms with E-state index in [9.17, 15) is 14.7 Å². The fourth-order valence-electron chi connectivity index (χ4n) is 2.89. The summed E-state index contributed by atoms with van der Waals surface area (Å²) in [6, 6.07) is 3.44. The number of nitrogens with zero attached hydrogens (tertiary/aromatic N) is 2. The highest BCUT2D eigenvalue weighted by Gasteiger charge is 2.44. The molecule has 1 aliphatic rings. The van der Waals surface area contributed by atoms with Gasteiger partial charge in [0.2, 0.25) is 0 Å². The van der Waals surface area contributed by atoms with Gasteiger partial charge in [0.25, 0.3) is 0 Å². The maximum absolute atomic E-state index is 11.6. The molecule has 0 aliphatic carbocycles. The van der Waals surface area contributed by atoms with Crippen LogP contribution in [0, 0.1) is 5.41 Å². The van der Waals surface area contributed by atoms with Gasteiger partial charge in [0.1, 0.15) is 5.69 Å². The van der Waals surface area contributed by atoms with Crippen LogP contribution in [0.5, 0.6) is 0 Å². The van der Waals surface area contributed by atoms with E-state index < -0.39 is 17.4 Å². The zero-order valence-electron chi connectivity index (χ0n) is 12.3. The fraction of sp³-hybridized carbons (Fsp3) is 0.533. The molecular weight excluding hydrogens is 272 g/mol. The second kappa shape index (κ2) is 6.11. The molecule has 6 heteroatoms. The van der Waals surface area contributed by atoms with E-state index in [1.807, 2.05) is 11.8 Å². The molecule has 6 nitrogen and oxygen atoms in total. The quantitative estimate of drug-likeness (QED) is 0.836. The first-order chi connectivity index (χ1) is 10.0. The topological polar surface area (TPSA) is 79.7 Å². The summed E-state index contributed by atoms with van der Waals surface area (Å²) in [5.41, 5.74) is 0.353. The summed E-state index contributed by atoms with van der Waals surface area (Å²) in [4.78, 5) is 29.1. The van der Waals surface area contributed by atoms with Crippen LogP contribution in [0.2, 0.25) is 0 Å². The molecule has 114 valence electrons. The van der Waals surface area contributed by atoms with E-state index in [4.69, 9.17) is 0 Å². The molecule has 2 rings (SSSR count). The number of carboxylic acids is 1. The molecule has 1 aromatic rings. The van der Waals surface area contributed by atoms with Gasteiger partial charge in [-0.1, -0.05) is 13.3 Å². The summed E-state index contributed by atoms with van der Waals surface area (Å²) < 4.78 is 4.66. The van der Waals surface area contributed by atoms with Crippen molar-refractivity contribution < 1.29 is 19.4 Å². The van der Waals surface area contributed by atoms with Gasteiger partial charge >= 0.3 is 11.9 Å². The van der Waals surface area contributed by atoms with Crippen LogP contribution >= 0.6 is 0 Å². The van der Waals surface area contributed by atoms with E-state index in [1.54, 1.807) is 18.3 Å². The predicted octanol–water partition coefficient (Wildman–Crippen LogP) is 1.95. The summed E-state index contributed by atoms with van der Waals surface area (Å²) in [6.07, 6.45) is 3.66. The van der Waals surface area contributed by atoms with Crippen LogP contribution in [0.3, 0.4) is 0 Å². The van der Waals surface area contributed by atoms with E-state index in [-0.39, 0.29) is 5.69 Å². The number of esters is 1. The minimum absolute atomic E-state index is 0.235. The highest BCUT2D eigenvalue weighted by Crippen LogP contribution is 2.37. The lowest BCUT2D eigenvalue weighted by molar-refractivity contribution is -0.148. The molecule has 1 saturated heterocycles. The third-order valence-corrected chi connectivity index (χ3v) is 4.04. The molecule has 21 heavy (non-hydrogen) atoms. The Morgan fingerprint density at radius 1 is 1.52 bits per heavy atom. The van der Waals surface area contributed by atoms with Gasteiger partial charge in [-0.05, 0) is 25.0 Å². The first kappa shape index (κ1) is 15.3. The first-order valence-electron chi connectivity index (χ1n) is 7.05. The molecule has 0 radical (unpaired) electrons. The van der Waals surface area contributed by atoms with Crippen molar-refractivity contribution in [2.75, 3.05) is 25.1 Å². The number of pyridine rings is 1. The van der Waals surface area contributed by atoms with Crippen molar-refractivity contribution in [2.24, 2.45) is 5.41 Å². The number of methoxy groups -OCH3 is 1. The molecule has 0 bridgehead atoms. The van der Waals surface area contributed by atoms with Crippen LogP contribution in [0.4, 0.5) is 5.69 Å². The largest absolute Gasteiger partial charge is 0.481 e. The maximum atomic E-state index is 11.6. The molecule has 1 unspecified atom stereocenters. The van der Waals surface area contributed by atoms with E-state index >= 15 is 0 Å². The molecule has 1 N–H and O–H groups in total. The van der Waals surface area contributed by atoms with Crippen molar-refractivity contribution in [1.82, 2.24) is 4.98 Å². The lowest BCUT2D eigenvalue weighted by Gasteiger charge is -2.25. The minimum Gasteiger partial charge on any atom is -0.481 e. The number of rotatable bonds is 5. The number of carbonyl (C=O) groups is 2. The zero-order chi connectivity index (χ0) is 15.5. The number of carboxylic acid groups (broad SMARTS) is 1. The number of hydrogen-bond donors (Lipinski definition) is 1. The van der Waals surface area contributed by atoms with Crippen LogP contribution in [0.1, 0.15) is 36.7 Å². The Morgan fingerprint density at radius 2 is 2.29 bits per heavy atom. The smallest absolute Gasteiger partial charge is 0.356 e. The van der Waals surface area contributed by atoms with E-state index in [0.717, 1.165) is 12.1 Å². The number of aliphatic carboxylic acids is 1. The normalized spacial score (nSPS) is 21.3. The summed E-state index contributed by atoms with van der Waals surface area (Å²) in [7, 11) is 1.31. The number of ether oxygens (including phenoxy) is 1. The summed E-state index contributed by atoms with van der Waals surface area (Å²) in [6.45, 7) is 3.12. The van der Waals surface area contributed by atoms with Gasteiger partial charge < -0.3 is 14.7 Å². The fourth-order valence-corrected chi connectivity index (χ4v) is 2.89. The Hall–Kier alpha value is -2.11. The Labute approximate surface area is 123 Å². The maximum Gasteiger partial charge on any atom is 0.356 e. The van der Waals surface area contributed by atoms with Crippen LogP contribution in [0.25, 0.3) is 0 Å². The van der Waals surface area contributed by atoms with Crippen LogP contribution in [-0.2, 0) is 9.53 Å². The van der Waals surface area contributed by atoms with Crippen LogP contribution in [-0.4, -0.2) is 42.2 Å². The van der Waals surface area contributed by atoms with Crippen molar-refractivity contribution in [3.63, 3.8) is 0 Å². The van der Waals surface area contributed by atoms with Gasteiger partial charge in [-0.2, -0.15) is 0 Å². The molecular formula is C15H20N2O4. The highest BCUT2D eigenvalue weighted by atomic mass is 16.5. The van der Waals surface area contributed by atoms with Gasteiger partial charge in [0, 0.05) is 25.0 Å². The summed E-state index contributed by atoms with van der Waals surface area (Å²) in [5.74, 6) is -1.23. The van der Waals surface area contributed by atoms with Gasteiger partial charge in [0.15, 0.2) is 0 Å². The van der Waals surface area contributed by atoms with Crippen molar-refractivity contribution in [1.29, 1.82) is 0 Å². The molecule has 2 heterocycles. The summed E-state index contributed by atoms with van der Waals surface area (Å²) in [5, 5.41) is 9.53. The van der Waals surface area contributed by atoms with Gasteiger partial charge in [-0.15, -0.1) is 0 Å². The van der Waals surface area contributed by atoms with Crippen molar-refractivity contribution in [2.45, 2.75) is 26.2 Å². The Morgan fingerprint density at radius 3 is 2.90 bits per heavy atom. The second-order valence-electron chi connectivity index (χ2n) is 5.40. The van der Waals surface area contributed by atoms with Crippen LogP contribution < -0.4 is 4.90 Å². The van der Waals surface area contributed by atoms with E-state index in [1.165, 1.54) is 7.11 Å². The molecule has 0 amide bonds. The van der Waals surface area contributed by atoms with Gasteiger partial charge in [-0.3, -0.25) is 4.79 Å². The van der Waals surface area contributed by atoms with Crippen LogP contribution in [0.15, 0.2) is 18.3 Å². The summed E-state index contributed by atoms with van der Waals surface area (Å²) >= 11 is 0. The molecule has 0 saturated carbocycles. The third kappa shape index (κ3) is 2.99.